The van der Waals surface area contributed by atoms with Crippen LogP contribution < -0.4 is 15.6 Å². The van der Waals surface area contributed by atoms with Crippen molar-refractivity contribution in [2.75, 3.05) is 59.1 Å². The summed E-state index contributed by atoms with van der Waals surface area (Å²) in [5.74, 6) is 0.851. The summed E-state index contributed by atoms with van der Waals surface area (Å²) < 4.78 is 13.1. The van der Waals surface area contributed by atoms with Crippen molar-refractivity contribution in [3.63, 3.8) is 0 Å². The van der Waals surface area contributed by atoms with Crippen molar-refractivity contribution >= 4 is 28.6 Å². The van der Waals surface area contributed by atoms with E-state index in [0.29, 0.717) is 62.7 Å². The number of piperazine rings is 1. The van der Waals surface area contributed by atoms with E-state index in [1.165, 1.54) is 6.92 Å². The molecule has 0 aliphatic carbocycles. The van der Waals surface area contributed by atoms with E-state index in [9.17, 15) is 24.3 Å². The molecule has 0 saturated carbocycles. The van der Waals surface area contributed by atoms with E-state index in [1.54, 1.807) is 15.5 Å². The summed E-state index contributed by atoms with van der Waals surface area (Å²) in [5, 5.41) is 18.4. The third-order valence-corrected chi connectivity index (χ3v) is 9.78. The van der Waals surface area contributed by atoms with Gasteiger partial charge in [0.2, 0.25) is 11.8 Å². The highest BCUT2D eigenvalue weighted by Crippen LogP contribution is 2.34. The van der Waals surface area contributed by atoms with Crippen LogP contribution in [0.4, 0.5) is 0 Å². The molecule has 1 atom stereocenters. The van der Waals surface area contributed by atoms with Gasteiger partial charge >= 0.3 is 0 Å². The number of fused-ring (bicyclic) bond motifs is 2. The van der Waals surface area contributed by atoms with E-state index in [0.717, 1.165) is 61.2 Å². The fourth-order valence-electron chi connectivity index (χ4n) is 7.01. The molecule has 3 aliphatic rings. The van der Waals surface area contributed by atoms with Gasteiger partial charge in [-0.2, -0.15) is 0 Å². The van der Waals surface area contributed by atoms with E-state index in [1.807, 2.05) is 24.0 Å². The largest absolute Gasteiger partial charge is 0.473 e. The maximum Gasteiger partial charge on any atom is 0.257 e. The lowest BCUT2D eigenvalue weighted by atomic mass is 9.91. The summed E-state index contributed by atoms with van der Waals surface area (Å²) in [6.45, 7) is 8.81. The molecule has 2 fully saturated rings. The molecular formula is C34H45N7O7. The smallest absolute Gasteiger partial charge is 0.257 e. The summed E-state index contributed by atoms with van der Waals surface area (Å²) in [6, 6.07) is 5.60. The molecule has 14 heteroatoms. The third-order valence-electron chi connectivity index (χ3n) is 9.78. The van der Waals surface area contributed by atoms with E-state index in [4.69, 9.17) is 9.26 Å². The van der Waals surface area contributed by atoms with Crippen molar-refractivity contribution < 1.29 is 28.8 Å². The molecule has 3 aliphatic heterocycles. The highest BCUT2D eigenvalue weighted by atomic mass is 16.5. The first kappa shape index (κ1) is 33.7. The molecule has 0 radical (unpaired) electrons. The zero-order chi connectivity index (χ0) is 33.8. The number of hydrogen-bond donors (Lipinski definition) is 2. The Labute approximate surface area is 279 Å². The standard InChI is InChI=1S/C34H45N7O7/c1-22(42)18-31(45)40-16-14-39(15-17-40)20-30(44)35-21-47-25-5-6-27-29(19-25)48-37-32(27)24-7-11-38(12-8-24)13-9-26-23(2)36-33-28(43)4-3-10-41(33)34(26)46/h5-6,19,24,28,43H,3-4,7-18,20-21H2,1-2H3,(H,35,44). The topological polar surface area (TPSA) is 163 Å². The van der Waals surface area contributed by atoms with Crippen LogP contribution in [0.2, 0.25) is 0 Å². The zero-order valence-electron chi connectivity index (χ0n) is 27.8. The minimum absolute atomic E-state index is 0.0103. The van der Waals surface area contributed by atoms with Gasteiger partial charge < -0.3 is 29.5 Å². The number of ether oxygens (including phenoxy) is 1. The molecule has 5 heterocycles. The third kappa shape index (κ3) is 7.77. The van der Waals surface area contributed by atoms with Crippen LogP contribution in [0.5, 0.6) is 5.75 Å². The number of nitrogens with one attached hydrogen (secondary N) is 1. The summed E-state index contributed by atoms with van der Waals surface area (Å²) in [4.78, 5) is 59.5. The average molecular weight is 664 g/mol. The fraction of sp³-hybridized carbons (Fsp3) is 0.588. The number of Topliss-reactive ketones (excluding diaryl/α,β-unsaturated/α-hetero) is 1. The number of aryl methyl sites for hydroxylation is 1. The van der Waals surface area contributed by atoms with Crippen molar-refractivity contribution in [2.45, 2.75) is 70.9 Å². The highest BCUT2D eigenvalue weighted by molar-refractivity contribution is 5.96. The molecule has 14 nitrogen and oxygen atoms in total. The number of nitrogens with zero attached hydrogens (tertiary/aromatic N) is 6. The Morgan fingerprint density at radius 1 is 1.04 bits per heavy atom. The number of aliphatic hydroxyl groups is 1. The van der Waals surface area contributed by atoms with Gasteiger partial charge in [0.15, 0.2) is 12.3 Å². The lowest BCUT2D eigenvalue weighted by Gasteiger charge is -2.34. The average Bonchev–Trinajstić information content (AvgIpc) is 3.49. The number of aliphatic hydroxyl groups excluding tert-OH is 1. The number of benzene rings is 1. The fourth-order valence-corrected chi connectivity index (χ4v) is 7.01. The van der Waals surface area contributed by atoms with Crippen molar-refractivity contribution in [3.8, 4) is 5.75 Å². The van der Waals surface area contributed by atoms with Crippen LogP contribution in [0.25, 0.3) is 11.0 Å². The number of likely N-dealkylation sites (tertiary alicyclic amines) is 1. The van der Waals surface area contributed by atoms with Gasteiger partial charge in [-0.05, 0) is 71.2 Å². The van der Waals surface area contributed by atoms with Gasteiger partial charge in [-0.25, -0.2) is 4.98 Å². The van der Waals surface area contributed by atoms with Crippen LogP contribution in [0.3, 0.4) is 0 Å². The predicted molar refractivity (Wildman–Crippen MR) is 176 cm³/mol. The highest BCUT2D eigenvalue weighted by Gasteiger charge is 2.27. The molecule has 48 heavy (non-hydrogen) atoms. The maximum absolute atomic E-state index is 13.1. The number of piperidine rings is 1. The molecule has 0 spiro atoms. The molecule has 2 aromatic heterocycles. The first-order valence-corrected chi connectivity index (χ1v) is 16.9. The molecule has 1 unspecified atom stereocenters. The lowest BCUT2D eigenvalue weighted by Crippen LogP contribution is -2.51. The second kappa shape index (κ2) is 15.0. The Bertz CT molecular complexity index is 1700. The van der Waals surface area contributed by atoms with Gasteiger partial charge in [0.25, 0.3) is 5.56 Å². The molecule has 6 rings (SSSR count). The number of ketones is 1. The Kier molecular flexibility index (Phi) is 10.5. The van der Waals surface area contributed by atoms with Gasteiger partial charge in [-0.1, -0.05) is 5.16 Å². The van der Waals surface area contributed by atoms with E-state index in [2.05, 4.69) is 20.4 Å². The van der Waals surface area contributed by atoms with Crippen LogP contribution >= 0.6 is 0 Å². The summed E-state index contributed by atoms with van der Waals surface area (Å²) in [7, 11) is 0. The van der Waals surface area contributed by atoms with Crippen molar-refractivity contribution in [1.82, 2.24) is 34.7 Å². The normalized spacial score (nSPS) is 19.3. The van der Waals surface area contributed by atoms with E-state index < -0.39 is 6.10 Å². The Balaban J connectivity index is 0.939. The Morgan fingerprint density at radius 3 is 2.56 bits per heavy atom. The number of amides is 2. The number of hydrogen-bond acceptors (Lipinski definition) is 11. The first-order valence-electron chi connectivity index (χ1n) is 16.9. The quantitative estimate of drug-likeness (QED) is 0.226. The first-order chi connectivity index (χ1) is 23.2. The van der Waals surface area contributed by atoms with Crippen molar-refractivity contribution in [3.05, 3.63) is 51.3 Å². The SMILES string of the molecule is CC(=O)CC(=O)N1CCN(CC(=O)NCOc2ccc3c(C4CCN(CCc5c(C)nc6n(c5=O)CCCC6O)CC4)noc3c2)CC1. The van der Waals surface area contributed by atoms with Crippen LogP contribution in [-0.2, 0) is 27.3 Å². The van der Waals surface area contributed by atoms with Gasteiger partial charge in [0.05, 0.1) is 18.7 Å². The van der Waals surface area contributed by atoms with Crippen molar-refractivity contribution in [2.24, 2.45) is 0 Å². The van der Waals surface area contributed by atoms with Gasteiger partial charge in [-0.15, -0.1) is 0 Å². The number of carbonyl (C=O) groups excluding carboxylic acids is 3. The van der Waals surface area contributed by atoms with Gasteiger partial charge in [-0.3, -0.25) is 28.6 Å². The summed E-state index contributed by atoms with van der Waals surface area (Å²) in [6.07, 6.45) is 3.19. The molecule has 1 aromatic carbocycles. The van der Waals surface area contributed by atoms with Gasteiger partial charge in [0, 0.05) is 67.9 Å². The maximum atomic E-state index is 13.1. The minimum atomic E-state index is -0.664. The number of rotatable bonds is 11. The Morgan fingerprint density at radius 2 is 1.81 bits per heavy atom. The minimum Gasteiger partial charge on any atom is -0.473 e. The van der Waals surface area contributed by atoms with Crippen LogP contribution in [-0.4, -0.2) is 111 Å². The zero-order valence-corrected chi connectivity index (χ0v) is 27.8. The second-order valence-corrected chi connectivity index (χ2v) is 13.2. The summed E-state index contributed by atoms with van der Waals surface area (Å²) in [5.41, 5.74) is 3.02. The molecule has 3 aromatic rings. The van der Waals surface area contributed by atoms with Crippen LogP contribution in [0.15, 0.2) is 27.5 Å². The molecule has 2 amide bonds. The predicted octanol–water partition coefficient (Wildman–Crippen LogP) is 1.52. The lowest BCUT2D eigenvalue weighted by molar-refractivity contribution is -0.136. The van der Waals surface area contributed by atoms with Crippen LogP contribution in [0, 0.1) is 6.92 Å². The number of carbonyl (C=O) groups is 3. The monoisotopic (exact) mass is 663 g/mol. The molecule has 2 saturated heterocycles. The molecule has 0 bridgehead atoms. The molecule has 258 valence electrons. The van der Waals surface area contributed by atoms with Gasteiger partial charge in [0.1, 0.15) is 23.5 Å². The summed E-state index contributed by atoms with van der Waals surface area (Å²) >= 11 is 0. The Hall–Kier alpha value is -4.14. The van der Waals surface area contributed by atoms with E-state index in [-0.39, 0.29) is 48.8 Å². The number of aromatic nitrogens is 3. The second-order valence-electron chi connectivity index (χ2n) is 13.2. The van der Waals surface area contributed by atoms with E-state index >= 15 is 0 Å². The molecular weight excluding hydrogens is 618 g/mol. The van der Waals surface area contributed by atoms with Crippen molar-refractivity contribution in [1.29, 1.82) is 0 Å². The molecule has 2 N–H and O–H groups in total. The van der Waals surface area contributed by atoms with Crippen LogP contribution in [0.1, 0.15) is 73.8 Å².